The SMILES string of the molecule is Cc1csc(CC(=O)NCCN2CCOCC2)n1. The predicted octanol–water partition coefficient (Wildman–Crippen LogP) is 0.442. The summed E-state index contributed by atoms with van der Waals surface area (Å²) < 4.78 is 5.27. The first-order valence-electron chi connectivity index (χ1n) is 6.22. The van der Waals surface area contributed by atoms with E-state index in [1.54, 1.807) is 11.3 Å². The number of aromatic nitrogens is 1. The number of nitrogens with zero attached hydrogens (tertiary/aromatic N) is 2. The number of aryl methyl sites for hydroxylation is 1. The van der Waals surface area contributed by atoms with Gasteiger partial charge in [0.05, 0.1) is 19.6 Å². The minimum absolute atomic E-state index is 0.0533. The van der Waals surface area contributed by atoms with Gasteiger partial charge in [0, 0.05) is 37.3 Å². The fourth-order valence-corrected chi connectivity index (χ4v) is 2.63. The number of nitrogens with one attached hydrogen (secondary N) is 1. The Labute approximate surface area is 111 Å². The van der Waals surface area contributed by atoms with Crippen LogP contribution in [-0.2, 0) is 16.0 Å². The largest absolute Gasteiger partial charge is 0.379 e. The van der Waals surface area contributed by atoms with Gasteiger partial charge in [-0.05, 0) is 6.92 Å². The van der Waals surface area contributed by atoms with Gasteiger partial charge in [0.15, 0.2) is 0 Å². The normalized spacial score (nSPS) is 16.7. The van der Waals surface area contributed by atoms with Crippen LogP contribution < -0.4 is 5.32 Å². The second-order valence-electron chi connectivity index (χ2n) is 4.36. The van der Waals surface area contributed by atoms with Crippen molar-refractivity contribution < 1.29 is 9.53 Å². The molecule has 0 saturated carbocycles. The number of carbonyl (C=O) groups excluding carboxylic acids is 1. The quantitative estimate of drug-likeness (QED) is 0.843. The first-order valence-corrected chi connectivity index (χ1v) is 7.10. The molecule has 0 aliphatic carbocycles. The minimum Gasteiger partial charge on any atom is -0.379 e. The van der Waals surface area contributed by atoms with Crippen LogP contribution in [0.2, 0.25) is 0 Å². The number of hydrogen-bond acceptors (Lipinski definition) is 5. The Morgan fingerprint density at radius 2 is 2.33 bits per heavy atom. The molecule has 1 aliphatic heterocycles. The van der Waals surface area contributed by atoms with Gasteiger partial charge in [0.25, 0.3) is 0 Å². The summed E-state index contributed by atoms with van der Waals surface area (Å²) in [7, 11) is 0. The summed E-state index contributed by atoms with van der Waals surface area (Å²) in [6.45, 7) is 7.05. The Balaban J connectivity index is 1.62. The van der Waals surface area contributed by atoms with Crippen molar-refractivity contribution in [3.05, 3.63) is 16.1 Å². The van der Waals surface area contributed by atoms with Gasteiger partial charge in [0.2, 0.25) is 5.91 Å². The van der Waals surface area contributed by atoms with E-state index in [2.05, 4.69) is 15.2 Å². The third-order valence-electron chi connectivity index (χ3n) is 2.83. The summed E-state index contributed by atoms with van der Waals surface area (Å²) in [4.78, 5) is 18.3. The summed E-state index contributed by atoms with van der Waals surface area (Å²) in [5.41, 5.74) is 0.983. The highest BCUT2D eigenvalue weighted by atomic mass is 32.1. The van der Waals surface area contributed by atoms with Crippen molar-refractivity contribution in [3.8, 4) is 0 Å². The van der Waals surface area contributed by atoms with Gasteiger partial charge >= 0.3 is 0 Å². The molecular formula is C12H19N3O2S. The highest BCUT2D eigenvalue weighted by Crippen LogP contribution is 2.08. The molecule has 0 bridgehead atoms. The minimum atomic E-state index is 0.0533. The predicted molar refractivity (Wildman–Crippen MR) is 70.8 cm³/mol. The van der Waals surface area contributed by atoms with Crippen LogP contribution in [0.25, 0.3) is 0 Å². The third-order valence-corrected chi connectivity index (χ3v) is 3.80. The van der Waals surface area contributed by atoms with Crippen molar-refractivity contribution in [1.29, 1.82) is 0 Å². The zero-order chi connectivity index (χ0) is 12.8. The van der Waals surface area contributed by atoms with E-state index in [1.165, 1.54) is 0 Å². The van der Waals surface area contributed by atoms with E-state index in [4.69, 9.17) is 4.74 Å². The lowest BCUT2D eigenvalue weighted by molar-refractivity contribution is -0.120. The van der Waals surface area contributed by atoms with Gasteiger partial charge in [0.1, 0.15) is 5.01 Å². The Hall–Kier alpha value is -0.980. The molecule has 1 aliphatic rings. The number of thiazole rings is 1. The molecule has 18 heavy (non-hydrogen) atoms. The molecule has 1 fully saturated rings. The smallest absolute Gasteiger partial charge is 0.226 e. The molecule has 6 heteroatoms. The maximum atomic E-state index is 11.7. The van der Waals surface area contributed by atoms with Crippen molar-refractivity contribution in [2.75, 3.05) is 39.4 Å². The van der Waals surface area contributed by atoms with Crippen LogP contribution in [-0.4, -0.2) is 55.2 Å². The van der Waals surface area contributed by atoms with Crippen LogP contribution in [0.4, 0.5) is 0 Å². The summed E-state index contributed by atoms with van der Waals surface area (Å²) in [5.74, 6) is 0.0533. The number of hydrogen-bond donors (Lipinski definition) is 1. The summed E-state index contributed by atoms with van der Waals surface area (Å²) in [5, 5.41) is 5.79. The summed E-state index contributed by atoms with van der Waals surface area (Å²) >= 11 is 1.54. The maximum absolute atomic E-state index is 11.7. The van der Waals surface area contributed by atoms with E-state index in [1.807, 2.05) is 12.3 Å². The van der Waals surface area contributed by atoms with Crippen molar-refractivity contribution in [2.45, 2.75) is 13.3 Å². The second-order valence-corrected chi connectivity index (χ2v) is 5.31. The topological polar surface area (TPSA) is 54.5 Å². The molecule has 0 unspecified atom stereocenters. The van der Waals surface area contributed by atoms with Crippen LogP contribution in [0.15, 0.2) is 5.38 Å². The zero-order valence-electron chi connectivity index (χ0n) is 10.6. The number of rotatable bonds is 5. The van der Waals surface area contributed by atoms with Crippen LogP contribution in [0.3, 0.4) is 0 Å². The summed E-state index contributed by atoms with van der Waals surface area (Å²) in [6.07, 6.45) is 0.390. The highest BCUT2D eigenvalue weighted by Gasteiger charge is 2.11. The van der Waals surface area contributed by atoms with Crippen LogP contribution in [0.1, 0.15) is 10.7 Å². The van der Waals surface area contributed by atoms with Crippen LogP contribution >= 0.6 is 11.3 Å². The van der Waals surface area contributed by atoms with Gasteiger partial charge < -0.3 is 10.1 Å². The number of carbonyl (C=O) groups is 1. The Kier molecular flexibility index (Phi) is 5.10. The molecule has 0 atom stereocenters. The standard InChI is InChI=1S/C12H19N3O2S/c1-10-9-18-12(14-10)8-11(16)13-2-3-15-4-6-17-7-5-15/h9H,2-8H2,1H3,(H,13,16). The molecule has 1 saturated heterocycles. The molecular weight excluding hydrogens is 250 g/mol. The van der Waals surface area contributed by atoms with E-state index in [-0.39, 0.29) is 5.91 Å². The number of ether oxygens (including phenoxy) is 1. The van der Waals surface area contributed by atoms with Crippen LogP contribution in [0, 0.1) is 6.92 Å². The van der Waals surface area contributed by atoms with Gasteiger partial charge in [-0.3, -0.25) is 9.69 Å². The lowest BCUT2D eigenvalue weighted by Crippen LogP contribution is -2.41. The average molecular weight is 269 g/mol. The molecule has 2 heterocycles. The molecule has 0 aromatic carbocycles. The van der Waals surface area contributed by atoms with Gasteiger partial charge in [-0.2, -0.15) is 0 Å². The molecule has 1 aromatic rings. The fourth-order valence-electron chi connectivity index (χ4n) is 1.86. The fraction of sp³-hybridized carbons (Fsp3) is 0.667. The first kappa shape index (κ1) is 13.5. The summed E-state index contributed by atoms with van der Waals surface area (Å²) in [6, 6.07) is 0. The van der Waals surface area contributed by atoms with Crippen molar-refractivity contribution >= 4 is 17.2 Å². The van der Waals surface area contributed by atoms with E-state index in [0.29, 0.717) is 13.0 Å². The molecule has 1 aromatic heterocycles. The van der Waals surface area contributed by atoms with E-state index >= 15 is 0 Å². The van der Waals surface area contributed by atoms with Crippen LogP contribution in [0.5, 0.6) is 0 Å². The molecule has 0 radical (unpaired) electrons. The van der Waals surface area contributed by atoms with Crippen molar-refractivity contribution in [2.24, 2.45) is 0 Å². The molecule has 2 rings (SSSR count). The average Bonchev–Trinajstić information content (AvgIpc) is 2.76. The number of amides is 1. The Morgan fingerprint density at radius 3 is 3.00 bits per heavy atom. The lowest BCUT2D eigenvalue weighted by Gasteiger charge is -2.26. The van der Waals surface area contributed by atoms with E-state index in [9.17, 15) is 4.79 Å². The number of morpholine rings is 1. The van der Waals surface area contributed by atoms with Crippen molar-refractivity contribution in [3.63, 3.8) is 0 Å². The lowest BCUT2D eigenvalue weighted by atomic mass is 10.4. The maximum Gasteiger partial charge on any atom is 0.226 e. The zero-order valence-corrected chi connectivity index (χ0v) is 11.5. The molecule has 1 N–H and O–H groups in total. The Bertz CT molecular complexity index is 388. The van der Waals surface area contributed by atoms with E-state index in [0.717, 1.165) is 43.5 Å². The molecule has 1 amide bonds. The second kappa shape index (κ2) is 6.82. The molecule has 5 nitrogen and oxygen atoms in total. The van der Waals surface area contributed by atoms with Crippen molar-refractivity contribution in [1.82, 2.24) is 15.2 Å². The van der Waals surface area contributed by atoms with Gasteiger partial charge in [-0.25, -0.2) is 4.98 Å². The van der Waals surface area contributed by atoms with Gasteiger partial charge in [-0.15, -0.1) is 11.3 Å². The monoisotopic (exact) mass is 269 g/mol. The first-order chi connectivity index (χ1) is 8.74. The highest BCUT2D eigenvalue weighted by molar-refractivity contribution is 7.09. The van der Waals surface area contributed by atoms with Gasteiger partial charge in [-0.1, -0.05) is 0 Å². The third kappa shape index (κ3) is 4.36. The van der Waals surface area contributed by atoms with E-state index < -0.39 is 0 Å². The Morgan fingerprint density at radius 1 is 1.56 bits per heavy atom. The molecule has 100 valence electrons. The molecule has 0 spiro atoms.